The number of thiol groups is 1. The minimum atomic E-state index is 0.0108. The zero-order valence-corrected chi connectivity index (χ0v) is 28.2. The molecule has 0 bridgehead atoms. The highest BCUT2D eigenvalue weighted by Gasteiger charge is 2.20. The third-order valence-corrected chi connectivity index (χ3v) is 7.93. The van der Waals surface area contributed by atoms with Crippen LogP contribution in [-0.2, 0) is 16.0 Å². The number of hydrogen-bond acceptors (Lipinski definition) is 6. The predicted molar refractivity (Wildman–Crippen MR) is 180 cm³/mol. The smallest absolute Gasteiger partial charge is 0.119 e. The molecule has 0 atom stereocenters. The number of benzene rings is 2. The van der Waals surface area contributed by atoms with Crippen molar-refractivity contribution in [3.63, 3.8) is 0 Å². The lowest BCUT2D eigenvalue weighted by atomic mass is 9.87. The second-order valence-electron chi connectivity index (χ2n) is 12.0. The Hall–Kier alpha value is -2.45. The molecule has 6 nitrogen and oxygen atoms in total. The first-order chi connectivity index (χ1) is 19.9. The average molecular weight is 614 g/mol. The summed E-state index contributed by atoms with van der Waals surface area (Å²) >= 11 is 10.1. The summed E-state index contributed by atoms with van der Waals surface area (Å²) in [6.45, 7) is 18.1. The Morgan fingerprint density at radius 2 is 1.74 bits per heavy atom. The van der Waals surface area contributed by atoms with Gasteiger partial charge in [0.15, 0.2) is 0 Å². The Kier molecular flexibility index (Phi) is 12.9. The highest BCUT2D eigenvalue weighted by atomic mass is 35.5. The fourth-order valence-electron chi connectivity index (χ4n) is 5.22. The lowest BCUT2D eigenvalue weighted by Gasteiger charge is -2.22. The van der Waals surface area contributed by atoms with Gasteiger partial charge in [-0.05, 0) is 94.1 Å². The third kappa shape index (κ3) is 9.53. The molecule has 1 aromatic heterocycles. The zero-order valence-electron chi connectivity index (χ0n) is 26.6. The van der Waals surface area contributed by atoms with Crippen LogP contribution >= 0.6 is 24.5 Å². The molecule has 0 saturated heterocycles. The van der Waals surface area contributed by atoms with Crippen LogP contribution in [0, 0.1) is 33.1 Å². The van der Waals surface area contributed by atoms with Crippen LogP contribution in [0.15, 0.2) is 36.4 Å². The number of aryl methyl sites for hydroxylation is 4. The summed E-state index contributed by atoms with van der Waals surface area (Å²) in [6.07, 6.45) is 5.05. The van der Waals surface area contributed by atoms with Gasteiger partial charge in [-0.1, -0.05) is 56.6 Å². The largest absolute Gasteiger partial charge is 0.494 e. The van der Waals surface area contributed by atoms with E-state index in [2.05, 4.69) is 77.1 Å². The number of halogens is 1. The molecule has 3 aromatic rings. The third-order valence-electron chi connectivity index (χ3n) is 7.15. The fraction of sp³-hybridized carbons (Fsp3) is 0.500. The molecule has 0 radical (unpaired) electrons. The molecule has 0 saturated carbocycles. The van der Waals surface area contributed by atoms with Gasteiger partial charge in [0, 0.05) is 53.3 Å². The number of allylic oxidation sites excluding steroid dienone is 2. The van der Waals surface area contributed by atoms with Crippen LogP contribution in [0.4, 0.5) is 5.69 Å². The number of anilines is 1. The van der Waals surface area contributed by atoms with Gasteiger partial charge in [-0.2, -0.15) is 5.10 Å². The van der Waals surface area contributed by atoms with Gasteiger partial charge in [0.25, 0.3) is 0 Å². The van der Waals surface area contributed by atoms with Crippen LogP contribution in [-0.4, -0.2) is 42.8 Å². The molecule has 0 aliphatic heterocycles. The maximum Gasteiger partial charge on any atom is 0.119 e. The second kappa shape index (κ2) is 15.9. The number of aromatic nitrogens is 2. The standard InChI is InChI=1S/C34H48ClN3O3S/c1-23-20-28(21-24(2)32(23)35)40-17-10-12-27(22-34(5,6)7)29-13-9-14-30(31-25(3)37-38(8)26(31)4)33(29)36-15-11-16-39-18-19-41-42/h9,13-14,20-22,36,42H,10-12,15-19H2,1-8H3/b27-22+. The van der Waals surface area contributed by atoms with Gasteiger partial charge >= 0.3 is 0 Å². The number of ether oxygens (including phenoxy) is 2. The van der Waals surface area contributed by atoms with Gasteiger partial charge in [-0.3, -0.25) is 4.68 Å². The maximum absolute atomic E-state index is 6.36. The van der Waals surface area contributed by atoms with Crippen molar-refractivity contribution in [2.24, 2.45) is 12.5 Å². The van der Waals surface area contributed by atoms with Gasteiger partial charge < -0.3 is 19.0 Å². The van der Waals surface area contributed by atoms with Crippen molar-refractivity contribution in [2.75, 3.05) is 38.3 Å². The Labute approximate surface area is 263 Å². The molecule has 0 aliphatic carbocycles. The average Bonchev–Trinajstić information content (AvgIpc) is 3.18. The lowest BCUT2D eigenvalue weighted by Crippen LogP contribution is -2.11. The summed E-state index contributed by atoms with van der Waals surface area (Å²) < 4.78 is 18.6. The van der Waals surface area contributed by atoms with Crippen LogP contribution in [0.1, 0.15) is 68.1 Å². The van der Waals surface area contributed by atoms with E-state index in [-0.39, 0.29) is 5.41 Å². The maximum atomic E-state index is 6.36. The molecule has 0 unspecified atom stereocenters. The van der Waals surface area contributed by atoms with Crippen molar-refractivity contribution in [3.05, 3.63) is 69.5 Å². The highest BCUT2D eigenvalue weighted by Crippen LogP contribution is 2.40. The topological polar surface area (TPSA) is 57.5 Å². The van der Waals surface area contributed by atoms with E-state index in [4.69, 9.17) is 30.4 Å². The van der Waals surface area contributed by atoms with Crippen molar-refractivity contribution in [3.8, 4) is 16.9 Å². The number of rotatable bonds is 15. The predicted octanol–water partition coefficient (Wildman–Crippen LogP) is 8.94. The monoisotopic (exact) mass is 613 g/mol. The van der Waals surface area contributed by atoms with Crippen LogP contribution < -0.4 is 10.1 Å². The molecule has 1 heterocycles. The van der Waals surface area contributed by atoms with E-state index in [0.29, 0.717) is 26.4 Å². The number of nitrogens with zero attached hydrogens (tertiary/aromatic N) is 2. The summed E-state index contributed by atoms with van der Waals surface area (Å²) in [7, 11) is 2.00. The van der Waals surface area contributed by atoms with Crippen molar-refractivity contribution >= 4 is 35.8 Å². The first-order valence-corrected chi connectivity index (χ1v) is 15.5. The second-order valence-corrected chi connectivity index (χ2v) is 12.6. The van der Waals surface area contributed by atoms with Gasteiger partial charge in [0.1, 0.15) is 5.75 Å². The molecule has 2 aromatic carbocycles. The highest BCUT2D eigenvalue weighted by molar-refractivity contribution is 7.75. The van der Waals surface area contributed by atoms with Crippen LogP contribution in [0.3, 0.4) is 0 Å². The first kappa shape index (κ1) is 34.0. The number of nitrogens with one attached hydrogen (secondary N) is 1. The van der Waals surface area contributed by atoms with E-state index < -0.39 is 0 Å². The molecule has 0 spiro atoms. The van der Waals surface area contributed by atoms with Gasteiger partial charge in [0.2, 0.25) is 0 Å². The van der Waals surface area contributed by atoms with E-state index in [1.54, 1.807) is 0 Å². The van der Waals surface area contributed by atoms with E-state index in [1.807, 2.05) is 37.7 Å². The van der Waals surface area contributed by atoms with E-state index in [1.165, 1.54) is 22.3 Å². The zero-order chi connectivity index (χ0) is 30.9. The first-order valence-electron chi connectivity index (χ1n) is 14.8. The van der Waals surface area contributed by atoms with E-state index in [9.17, 15) is 0 Å². The normalized spacial score (nSPS) is 12.2. The Morgan fingerprint density at radius 1 is 1.02 bits per heavy atom. The van der Waals surface area contributed by atoms with Crippen molar-refractivity contribution in [2.45, 2.75) is 67.7 Å². The van der Waals surface area contributed by atoms with Gasteiger partial charge in [-0.25, -0.2) is 0 Å². The minimum Gasteiger partial charge on any atom is -0.494 e. The minimum absolute atomic E-state index is 0.0108. The summed E-state index contributed by atoms with van der Waals surface area (Å²) in [5, 5.41) is 9.31. The van der Waals surface area contributed by atoms with Crippen molar-refractivity contribution in [1.29, 1.82) is 0 Å². The summed E-state index contributed by atoms with van der Waals surface area (Å²) in [6, 6.07) is 10.6. The van der Waals surface area contributed by atoms with Crippen LogP contribution in [0.5, 0.6) is 5.75 Å². The van der Waals surface area contributed by atoms with Crippen LogP contribution in [0.25, 0.3) is 16.7 Å². The molecule has 1 N–H and O–H groups in total. The molecular formula is C34H48ClN3O3S. The van der Waals surface area contributed by atoms with Crippen molar-refractivity contribution in [1.82, 2.24) is 9.78 Å². The van der Waals surface area contributed by atoms with E-state index in [0.717, 1.165) is 64.8 Å². The van der Waals surface area contributed by atoms with Gasteiger partial charge in [0.05, 0.1) is 25.5 Å². The van der Waals surface area contributed by atoms with Crippen molar-refractivity contribution < 1.29 is 13.7 Å². The molecule has 3 rings (SSSR count). The number of para-hydroxylation sites is 1. The molecule has 0 amide bonds. The SMILES string of the molecule is Cc1cc(OCCC/C(=C\C(C)(C)C)c2cccc(-c3c(C)nn(C)c3C)c2NCCCOCCOS)cc(C)c1Cl. The lowest BCUT2D eigenvalue weighted by molar-refractivity contribution is 0.107. The Balaban J connectivity index is 1.90. The van der Waals surface area contributed by atoms with Crippen LogP contribution in [0.2, 0.25) is 5.02 Å². The fourth-order valence-corrected chi connectivity index (χ4v) is 5.40. The molecule has 0 fully saturated rings. The van der Waals surface area contributed by atoms with Gasteiger partial charge in [-0.15, -0.1) is 0 Å². The summed E-state index contributed by atoms with van der Waals surface area (Å²) in [4.78, 5) is 0. The molecule has 0 aliphatic rings. The molecular weight excluding hydrogens is 566 g/mol. The molecule has 230 valence electrons. The molecule has 42 heavy (non-hydrogen) atoms. The quantitative estimate of drug-likeness (QED) is 0.102. The Morgan fingerprint density at radius 3 is 2.36 bits per heavy atom. The summed E-state index contributed by atoms with van der Waals surface area (Å²) in [5.41, 5.74) is 10.3. The number of hydrogen-bond donors (Lipinski definition) is 2. The van der Waals surface area contributed by atoms with E-state index >= 15 is 0 Å². The Bertz CT molecular complexity index is 1340. The molecule has 8 heteroatoms. The summed E-state index contributed by atoms with van der Waals surface area (Å²) in [5.74, 6) is 0.866.